The Bertz CT molecular complexity index is 396. The highest BCUT2D eigenvalue weighted by Gasteiger charge is 2.21. The standard InChI is InChI=1S/C15H20N2/c1-12(8-16-15-6-7-15)9-17-10-13-4-2-3-5-14(13)11-17/h2-5,15-16H,1,6-11H2. The van der Waals surface area contributed by atoms with Gasteiger partial charge in [0.2, 0.25) is 0 Å². The van der Waals surface area contributed by atoms with E-state index in [0.717, 1.165) is 32.2 Å². The lowest BCUT2D eigenvalue weighted by Crippen LogP contribution is -2.26. The average molecular weight is 228 g/mol. The predicted octanol–water partition coefficient (Wildman–Crippen LogP) is 2.31. The number of nitrogens with zero attached hydrogens (tertiary/aromatic N) is 1. The molecule has 0 bridgehead atoms. The minimum atomic E-state index is 0.780. The molecular weight excluding hydrogens is 208 g/mol. The third-order valence-electron chi connectivity index (χ3n) is 3.57. The molecule has 0 saturated heterocycles. The van der Waals surface area contributed by atoms with Gasteiger partial charge in [-0.05, 0) is 29.5 Å². The maximum Gasteiger partial charge on any atom is 0.0243 e. The van der Waals surface area contributed by atoms with Crippen molar-refractivity contribution in [3.8, 4) is 0 Å². The Labute approximate surface area is 103 Å². The van der Waals surface area contributed by atoms with E-state index in [2.05, 4.69) is 41.1 Å². The first kappa shape index (κ1) is 11.0. The quantitative estimate of drug-likeness (QED) is 0.778. The fourth-order valence-electron chi connectivity index (χ4n) is 2.46. The maximum atomic E-state index is 4.18. The molecule has 1 saturated carbocycles. The van der Waals surface area contributed by atoms with Crippen LogP contribution in [0, 0.1) is 0 Å². The number of rotatable bonds is 5. The highest BCUT2D eigenvalue weighted by atomic mass is 15.1. The molecule has 0 aromatic heterocycles. The van der Waals surface area contributed by atoms with Crippen LogP contribution in [0.15, 0.2) is 36.4 Å². The normalized spacial score (nSPS) is 19.3. The summed E-state index contributed by atoms with van der Waals surface area (Å²) in [5.41, 5.74) is 4.27. The molecule has 1 aromatic carbocycles. The molecule has 1 heterocycles. The van der Waals surface area contributed by atoms with E-state index in [1.54, 1.807) is 0 Å². The van der Waals surface area contributed by atoms with Crippen LogP contribution in [0.4, 0.5) is 0 Å². The molecular formula is C15H20N2. The van der Waals surface area contributed by atoms with Crippen LogP contribution in [-0.4, -0.2) is 24.0 Å². The van der Waals surface area contributed by atoms with Crippen LogP contribution >= 0.6 is 0 Å². The van der Waals surface area contributed by atoms with Crippen LogP contribution in [0.1, 0.15) is 24.0 Å². The van der Waals surface area contributed by atoms with Gasteiger partial charge in [-0.2, -0.15) is 0 Å². The van der Waals surface area contributed by atoms with Crippen molar-refractivity contribution in [3.63, 3.8) is 0 Å². The molecule has 2 nitrogen and oxygen atoms in total. The van der Waals surface area contributed by atoms with Gasteiger partial charge < -0.3 is 5.32 Å². The highest BCUT2D eigenvalue weighted by molar-refractivity contribution is 5.30. The number of hydrogen-bond donors (Lipinski definition) is 1. The second-order valence-corrected chi connectivity index (χ2v) is 5.32. The minimum absolute atomic E-state index is 0.780. The Kier molecular flexibility index (Phi) is 3.00. The smallest absolute Gasteiger partial charge is 0.0243 e. The van der Waals surface area contributed by atoms with E-state index >= 15 is 0 Å². The molecule has 1 aliphatic heterocycles. The van der Waals surface area contributed by atoms with Gasteiger partial charge in [0.1, 0.15) is 0 Å². The zero-order chi connectivity index (χ0) is 11.7. The van der Waals surface area contributed by atoms with E-state index in [0.29, 0.717) is 0 Å². The van der Waals surface area contributed by atoms with Gasteiger partial charge in [0.15, 0.2) is 0 Å². The summed E-state index contributed by atoms with van der Waals surface area (Å²) in [5.74, 6) is 0. The van der Waals surface area contributed by atoms with E-state index < -0.39 is 0 Å². The van der Waals surface area contributed by atoms with Gasteiger partial charge in [-0.3, -0.25) is 4.90 Å². The van der Waals surface area contributed by atoms with Crippen molar-refractivity contribution in [1.29, 1.82) is 0 Å². The summed E-state index contributed by atoms with van der Waals surface area (Å²) in [5, 5.41) is 3.53. The zero-order valence-corrected chi connectivity index (χ0v) is 10.3. The van der Waals surface area contributed by atoms with Crippen molar-refractivity contribution < 1.29 is 0 Å². The van der Waals surface area contributed by atoms with Crippen molar-refractivity contribution in [2.24, 2.45) is 0 Å². The molecule has 0 atom stereocenters. The van der Waals surface area contributed by atoms with Crippen molar-refractivity contribution in [1.82, 2.24) is 10.2 Å². The molecule has 17 heavy (non-hydrogen) atoms. The first-order valence-corrected chi connectivity index (χ1v) is 6.50. The third kappa shape index (κ3) is 2.76. The zero-order valence-electron chi connectivity index (χ0n) is 10.3. The van der Waals surface area contributed by atoms with Gasteiger partial charge in [0, 0.05) is 32.2 Å². The Hall–Kier alpha value is -1.12. The van der Waals surface area contributed by atoms with Crippen LogP contribution in [0.5, 0.6) is 0 Å². The number of hydrogen-bond acceptors (Lipinski definition) is 2. The van der Waals surface area contributed by atoms with Crippen LogP contribution in [0.3, 0.4) is 0 Å². The van der Waals surface area contributed by atoms with Crippen LogP contribution in [-0.2, 0) is 13.1 Å². The average Bonchev–Trinajstić information content (AvgIpc) is 3.06. The van der Waals surface area contributed by atoms with Gasteiger partial charge in [-0.25, -0.2) is 0 Å². The third-order valence-corrected chi connectivity index (χ3v) is 3.57. The van der Waals surface area contributed by atoms with Crippen LogP contribution < -0.4 is 5.32 Å². The topological polar surface area (TPSA) is 15.3 Å². The van der Waals surface area contributed by atoms with Crippen molar-refractivity contribution >= 4 is 0 Å². The number of benzene rings is 1. The molecule has 2 aliphatic rings. The summed E-state index contributed by atoms with van der Waals surface area (Å²) >= 11 is 0. The molecule has 0 unspecified atom stereocenters. The fourth-order valence-corrected chi connectivity index (χ4v) is 2.46. The number of fused-ring (bicyclic) bond motifs is 1. The Balaban J connectivity index is 1.49. The summed E-state index contributed by atoms with van der Waals surface area (Å²) in [6.45, 7) is 8.35. The van der Waals surface area contributed by atoms with Crippen molar-refractivity contribution in [2.45, 2.75) is 32.0 Å². The molecule has 0 spiro atoms. The molecule has 3 rings (SSSR count). The van der Waals surface area contributed by atoms with Gasteiger partial charge in [0.05, 0.1) is 0 Å². The predicted molar refractivity (Wildman–Crippen MR) is 70.7 cm³/mol. The first-order valence-electron chi connectivity index (χ1n) is 6.50. The number of nitrogens with one attached hydrogen (secondary N) is 1. The highest BCUT2D eigenvalue weighted by Crippen LogP contribution is 2.23. The van der Waals surface area contributed by atoms with Crippen LogP contribution in [0.2, 0.25) is 0 Å². The molecule has 1 aromatic rings. The molecule has 1 fully saturated rings. The summed E-state index contributed by atoms with van der Waals surface area (Å²) < 4.78 is 0. The SMILES string of the molecule is C=C(CNC1CC1)CN1Cc2ccccc2C1. The van der Waals surface area contributed by atoms with E-state index in [1.165, 1.54) is 29.5 Å². The second kappa shape index (κ2) is 4.63. The Morgan fingerprint density at radius 2 is 1.88 bits per heavy atom. The fraction of sp³-hybridized carbons (Fsp3) is 0.467. The van der Waals surface area contributed by atoms with Gasteiger partial charge >= 0.3 is 0 Å². The van der Waals surface area contributed by atoms with Gasteiger partial charge in [-0.1, -0.05) is 30.8 Å². The lowest BCUT2D eigenvalue weighted by molar-refractivity contribution is 0.307. The van der Waals surface area contributed by atoms with Crippen molar-refractivity contribution in [2.75, 3.05) is 13.1 Å². The lowest BCUT2D eigenvalue weighted by Gasteiger charge is -2.16. The summed E-state index contributed by atoms with van der Waals surface area (Å²) in [4.78, 5) is 2.47. The van der Waals surface area contributed by atoms with E-state index in [-0.39, 0.29) is 0 Å². The van der Waals surface area contributed by atoms with E-state index in [9.17, 15) is 0 Å². The molecule has 2 heteroatoms. The Morgan fingerprint density at radius 1 is 1.24 bits per heavy atom. The summed E-state index contributed by atoms with van der Waals surface area (Å²) in [7, 11) is 0. The minimum Gasteiger partial charge on any atom is -0.310 e. The van der Waals surface area contributed by atoms with Gasteiger partial charge in [-0.15, -0.1) is 0 Å². The second-order valence-electron chi connectivity index (χ2n) is 5.32. The van der Waals surface area contributed by atoms with Crippen LogP contribution in [0.25, 0.3) is 0 Å². The first-order chi connectivity index (χ1) is 8.31. The van der Waals surface area contributed by atoms with E-state index in [4.69, 9.17) is 0 Å². The van der Waals surface area contributed by atoms with Crippen molar-refractivity contribution in [3.05, 3.63) is 47.5 Å². The van der Waals surface area contributed by atoms with E-state index in [1.807, 2.05) is 0 Å². The Morgan fingerprint density at radius 3 is 2.47 bits per heavy atom. The molecule has 0 amide bonds. The molecule has 1 N–H and O–H groups in total. The summed E-state index contributed by atoms with van der Waals surface area (Å²) in [6.07, 6.45) is 2.70. The molecule has 0 radical (unpaired) electrons. The molecule has 1 aliphatic carbocycles. The monoisotopic (exact) mass is 228 g/mol. The summed E-state index contributed by atoms with van der Waals surface area (Å²) in [6, 6.07) is 9.51. The maximum absolute atomic E-state index is 4.18. The lowest BCUT2D eigenvalue weighted by atomic mass is 10.1. The van der Waals surface area contributed by atoms with Gasteiger partial charge in [0.25, 0.3) is 0 Å². The molecule has 90 valence electrons. The largest absolute Gasteiger partial charge is 0.310 e.